The highest BCUT2D eigenvalue weighted by Crippen LogP contribution is 2.16. The van der Waals surface area contributed by atoms with Crippen molar-refractivity contribution in [2.75, 3.05) is 0 Å². The number of rotatable bonds is 1. The minimum atomic E-state index is -0.928. The van der Waals surface area contributed by atoms with E-state index in [1.54, 1.807) is 0 Å². The molecule has 0 saturated carbocycles. The van der Waals surface area contributed by atoms with Crippen LogP contribution in [0.25, 0.3) is 16.0 Å². The molecule has 0 aliphatic heterocycles. The van der Waals surface area contributed by atoms with Gasteiger partial charge >= 0.3 is 0 Å². The second kappa shape index (κ2) is 4.21. The van der Waals surface area contributed by atoms with Crippen LogP contribution >= 0.6 is 23.6 Å². The van der Waals surface area contributed by atoms with Crippen LogP contribution in [-0.2, 0) is 0 Å². The average molecular weight is 296 g/mol. The van der Waals surface area contributed by atoms with E-state index in [-0.39, 0.29) is 10.5 Å². The molecular weight excluding hydrogens is 291 g/mol. The number of halogens is 1. The summed E-state index contributed by atoms with van der Waals surface area (Å²) < 4.78 is 14.9. The molecule has 9 heteroatoms. The lowest BCUT2D eigenvalue weighted by atomic mass is 10.4. The van der Waals surface area contributed by atoms with Gasteiger partial charge in [-0.25, -0.2) is 14.4 Å². The van der Waals surface area contributed by atoms with Crippen LogP contribution in [0.4, 0.5) is 4.39 Å². The minimum absolute atomic E-state index is 0.0790. The number of hydrogen-bond donors (Lipinski definition) is 2. The molecule has 0 saturated heterocycles. The van der Waals surface area contributed by atoms with Gasteiger partial charge in [0.25, 0.3) is 5.56 Å². The smallest absolute Gasteiger partial charge is 0.278 e. The van der Waals surface area contributed by atoms with Crippen LogP contribution in [-0.4, -0.2) is 24.6 Å². The largest absolute Gasteiger partial charge is 0.491 e. The number of aromatic amines is 1. The van der Waals surface area contributed by atoms with Crippen LogP contribution in [0.2, 0.25) is 0 Å². The normalized spacial score (nSPS) is 11.0. The van der Waals surface area contributed by atoms with E-state index in [2.05, 4.69) is 15.0 Å². The summed E-state index contributed by atoms with van der Waals surface area (Å²) in [4.78, 5) is 22.4. The van der Waals surface area contributed by atoms with E-state index in [1.165, 1.54) is 5.51 Å². The summed E-state index contributed by atoms with van der Waals surface area (Å²) in [5.74, 6) is -1.66. The second-order valence-electron chi connectivity index (χ2n) is 3.60. The summed E-state index contributed by atoms with van der Waals surface area (Å²) in [6.45, 7) is 0. The molecule has 19 heavy (non-hydrogen) atoms. The number of H-pyrrole nitrogens is 1. The zero-order chi connectivity index (χ0) is 13.6. The summed E-state index contributed by atoms with van der Waals surface area (Å²) in [5.41, 5.74) is 1.63. The third-order valence-electron chi connectivity index (χ3n) is 2.46. The quantitative estimate of drug-likeness (QED) is 0.668. The molecule has 96 valence electrons. The van der Waals surface area contributed by atoms with Gasteiger partial charge in [-0.15, -0.1) is 11.3 Å². The molecule has 0 fully saturated rings. The molecule has 0 aliphatic carbocycles. The van der Waals surface area contributed by atoms with Gasteiger partial charge in [0.1, 0.15) is 4.70 Å². The fraction of sp³-hybridized carbons (Fsp3) is 0. The maximum Gasteiger partial charge on any atom is 0.278 e. The topological polar surface area (TPSA) is 83.8 Å². The maximum absolute atomic E-state index is 13.3. The number of pyridine rings is 1. The predicted molar refractivity (Wildman–Crippen MR) is 69.8 cm³/mol. The summed E-state index contributed by atoms with van der Waals surface area (Å²) >= 11 is 6.20. The van der Waals surface area contributed by atoms with Crippen LogP contribution in [0.1, 0.15) is 0 Å². The second-order valence-corrected chi connectivity index (χ2v) is 4.84. The number of thiazole rings is 1. The third-order valence-corrected chi connectivity index (χ3v) is 3.56. The van der Waals surface area contributed by atoms with Crippen molar-refractivity contribution >= 4 is 33.9 Å². The van der Waals surface area contributed by atoms with Crippen molar-refractivity contribution in [3.05, 3.63) is 38.7 Å². The Bertz CT molecular complexity index is 898. The molecule has 3 heterocycles. The molecule has 0 amide bonds. The first-order valence-corrected chi connectivity index (χ1v) is 6.30. The van der Waals surface area contributed by atoms with Gasteiger partial charge in [0, 0.05) is 6.07 Å². The molecule has 0 atom stereocenters. The van der Waals surface area contributed by atoms with Crippen molar-refractivity contribution in [2.45, 2.75) is 0 Å². The fourth-order valence-electron chi connectivity index (χ4n) is 1.62. The van der Waals surface area contributed by atoms with Crippen molar-refractivity contribution in [1.82, 2.24) is 19.5 Å². The highest BCUT2D eigenvalue weighted by molar-refractivity contribution is 7.71. The summed E-state index contributed by atoms with van der Waals surface area (Å²) in [6, 6.07) is 0.986. The van der Waals surface area contributed by atoms with Gasteiger partial charge in [-0.05, 0) is 12.2 Å². The molecule has 3 aromatic heterocycles. The lowest BCUT2D eigenvalue weighted by Gasteiger charge is -2.05. The monoisotopic (exact) mass is 296 g/mol. The van der Waals surface area contributed by atoms with Gasteiger partial charge in [-0.3, -0.25) is 9.36 Å². The molecule has 3 aromatic rings. The minimum Gasteiger partial charge on any atom is -0.491 e. The fourth-order valence-corrected chi connectivity index (χ4v) is 2.57. The van der Waals surface area contributed by atoms with Crippen molar-refractivity contribution in [3.63, 3.8) is 0 Å². The lowest BCUT2D eigenvalue weighted by molar-refractivity contribution is 0.411. The van der Waals surface area contributed by atoms with Gasteiger partial charge in [-0.2, -0.15) is 0 Å². The van der Waals surface area contributed by atoms with Crippen LogP contribution < -0.4 is 5.56 Å². The van der Waals surface area contributed by atoms with Crippen LogP contribution in [0, 0.1) is 10.6 Å². The Balaban J connectivity index is 2.38. The van der Waals surface area contributed by atoms with E-state index in [1.807, 2.05) is 0 Å². The SMILES string of the molecule is O=c1c2scnc2[nH]c(=S)n1-c1cnc(O)c(F)c1. The molecule has 3 rings (SSSR count). The Morgan fingerprint density at radius 2 is 2.26 bits per heavy atom. The van der Waals surface area contributed by atoms with Crippen LogP contribution in [0.3, 0.4) is 0 Å². The first-order valence-electron chi connectivity index (χ1n) is 5.01. The molecule has 0 aromatic carbocycles. The number of aromatic nitrogens is 4. The van der Waals surface area contributed by atoms with E-state index >= 15 is 0 Å². The Labute approximate surface area is 113 Å². The average Bonchev–Trinajstić information content (AvgIpc) is 2.82. The predicted octanol–water partition coefficient (Wildman–Crippen LogP) is 1.74. The van der Waals surface area contributed by atoms with E-state index in [4.69, 9.17) is 17.3 Å². The number of aromatic hydroxyl groups is 1. The molecular formula is C10H5FN4O2S2. The maximum atomic E-state index is 13.3. The van der Waals surface area contributed by atoms with Crippen molar-refractivity contribution in [3.8, 4) is 11.6 Å². The first-order chi connectivity index (χ1) is 9.08. The zero-order valence-electron chi connectivity index (χ0n) is 9.12. The van der Waals surface area contributed by atoms with E-state index < -0.39 is 17.3 Å². The number of nitrogens with one attached hydrogen (secondary N) is 1. The third kappa shape index (κ3) is 1.83. The molecule has 0 radical (unpaired) electrons. The lowest BCUT2D eigenvalue weighted by Crippen LogP contribution is -2.20. The van der Waals surface area contributed by atoms with Gasteiger partial charge in [0.05, 0.1) is 17.4 Å². The van der Waals surface area contributed by atoms with Crippen molar-refractivity contribution in [1.29, 1.82) is 0 Å². The summed E-state index contributed by atoms with van der Waals surface area (Å²) in [6.07, 6.45) is 1.16. The van der Waals surface area contributed by atoms with Crippen LogP contribution in [0.15, 0.2) is 22.6 Å². The van der Waals surface area contributed by atoms with Gasteiger partial charge in [0.2, 0.25) is 5.88 Å². The zero-order valence-corrected chi connectivity index (χ0v) is 10.8. The van der Waals surface area contributed by atoms with Gasteiger partial charge in [-0.1, -0.05) is 0 Å². The highest BCUT2D eigenvalue weighted by atomic mass is 32.1. The van der Waals surface area contributed by atoms with E-state index in [9.17, 15) is 9.18 Å². The molecule has 0 aliphatic rings. The Morgan fingerprint density at radius 1 is 1.47 bits per heavy atom. The highest BCUT2D eigenvalue weighted by Gasteiger charge is 2.12. The van der Waals surface area contributed by atoms with Crippen LogP contribution in [0.5, 0.6) is 5.88 Å². The molecule has 2 N–H and O–H groups in total. The Hall–Kier alpha value is -2.13. The van der Waals surface area contributed by atoms with E-state index in [0.717, 1.165) is 28.2 Å². The summed E-state index contributed by atoms with van der Waals surface area (Å²) in [5, 5.41) is 9.05. The van der Waals surface area contributed by atoms with Crippen molar-refractivity contribution < 1.29 is 9.50 Å². The number of hydrogen-bond acceptors (Lipinski definition) is 6. The molecule has 0 bridgehead atoms. The molecule has 6 nitrogen and oxygen atoms in total. The number of nitrogens with zero attached hydrogens (tertiary/aromatic N) is 3. The standard InChI is InChI=1S/C10H5FN4O2S2/c11-5-1-4(2-12-8(5)16)15-9(17)6-7(13-3-19-6)14-10(15)18/h1-3H,(H,12,16)(H,14,18). The molecule has 0 spiro atoms. The van der Waals surface area contributed by atoms with Gasteiger partial charge in [0.15, 0.2) is 16.2 Å². The summed E-state index contributed by atoms with van der Waals surface area (Å²) in [7, 11) is 0. The molecule has 0 unspecified atom stereocenters. The Morgan fingerprint density at radius 3 is 3.00 bits per heavy atom. The van der Waals surface area contributed by atoms with E-state index in [0.29, 0.717) is 10.3 Å². The van der Waals surface area contributed by atoms with Crippen molar-refractivity contribution in [2.24, 2.45) is 0 Å². The van der Waals surface area contributed by atoms with Gasteiger partial charge < -0.3 is 10.1 Å². The number of fused-ring (bicyclic) bond motifs is 1. The first kappa shape index (κ1) is 11.9. The Kier molecular flexibility index (Phi) is 2.64.